The monoisotopic (exact) mass is 495 g/mol. The number of halogens is 1. The number of carbonyl (C=O) groups is 1. The van der Waals surface area contributed by atoms with Crippen LogP contribution in [0.5, 0.6) is 17.2 Å². The van der Waals surface area contributed by atoms with Crippen molar-refractivity contribution in [3.8, 4) is 28.4 Å². The number of benzene rings is 2. The molecule has 0 aliphatic heterocycles. The average molecular weight is 496 g/mol. The number of methoxy groups -OCH3 is 3. The minimum Gasteiger partial charge on any atom is -0.549 e. The topological polar surface area (TPSA) is 84.9 Å². The first-order valence-corrected chi connectivity index (χ1v) is 12.1. The van der Waals surface area contributed by atoms with E-state index in [2.05, 4.69) is 0 Å². The predicted octanol–water partition coefficient (Wildman–Crippen LogP) is 3.77. The molecule has 3 aromatic carbocycles. The summed E-state index contributed by atoms with van der Waals surface area (Å²) >= 11 is 1.31. The zero-order valence-corrected chi connectivity index (χ0v) is 20.5. The first-order chi connectivity index (χ1) is 16.8. The number of carboxylic acids is 1. The van der Waals surface area contributed by atoms with Crippen molar-refractivity contribution in [1.29, 1.82) is 0 Å². The Labute approximate surface area is 206 Å². The Morgan fingerprint density at radius 3 is 2.29 bits per heavy atom. The van der Waals surface area contributed by atoms with Crippen LogP contribution in [0.4, 0.5) is 4.39 Å². The van der Waals surface area contributed by atoms with E-state index in [1.54, 1.807) is 24.5 Å². The summed E-state index contributed by atoms with van der Waals surface area (Å²) in [6, 6.07) is 12.1. The highest BCUT2D eigenvalue weighted by Crippen LogP contribution is 2.53. The Kier molecular flexibility index (Phi) is 7.03. The van der Waals surface area contributed by atoms with E-state index < -0.39 is 23.6 Å². The molecule has 0 saturated heterocycles. The van der Waals surface area contributed by atoms with Gasteiger partial charge < -0.3 is 24.1 Å². The van der Waals surface area contributed by atoms with E-state index in [0.717, 1.165) is 5.56 Å². The number of thioether (sulfide) groups is 1. The number of ether oxygens (including phenoxy) is 3. The van der Waals surface area contributed by atoms with Gasteiger partial charge in [0.05, 0.1) is 26.2 Å². The SMILES string of the molecule is COc1cc2c(c(OC)c1OC)-c1ccc(SC)c(=O)cc1C(C(C(=O)[O-])c1ccc(F)cc1)C2. The minimum absolute atomic E-state index is 0.220. The van der Waals surface area contributed by atoms with Crippen LogP contribution in [0.25, 0.3) is 11.1 Å². The summed E-state index contributed by atoms with van der Waals surface area (Å²) in [6.07, 6.45) is 2.06. The highest BCUT2D eigenvalue weighted by molar-refractivity contribution is 7.98. The van der Waals surface area contributed by atoms with Gasteiger partial charge in [-0.1, -0.05) is 18.2 Å². The van der Waals surface area contributed by atoms with Gasteiger partial charge in [-0.3, -0.25) is 4.79 Å². The van der Waals surface area contributed by atoms with E-state index >= 15 is 0 Å². The van der Waals surface area contributed by atoms with Crippen LogP contribution in [0.15, 0.2) is 58.2 Å². The molecule has 0 N–H and O–H groups in total. The minimum atomic E-state index is -1.31. The molecular weight excluding hydrogens is 471 g/mol. The van der Waals surface area contributed by atoms with Crippen LogP contribution in [-0.4, -0.2) is 33.6 Å². The summed E-state index contributed by atoms with van der Waals surface area (Å²) in [7, 11) is 4.53. The second-order valence-corrected chi connectivity index (χ2v) is 8.97. The fraction of sp³-hybridized carbons (Fsp3) is 0.259. The maximum atomic E-state index is 13.6. The Morgan fingerprint density at radius 2 is 1.71 bits per heavy atom. The second-order valence-electron chi connectivity index (χ2n) is 8.12. The molecular formula is C27H24FO6S-. The van der Waals surface area contributed by atoms with Crippen molar-refractivity contribution in [3.63, 3.8) is 0 Å². The standard InChI is InChI=1S/C27H25FO6S/c1-32-21-12-15-11-19(24(27(30)31)14-5-7-16(28)8-6-14)18-13-20(29)22(35-4)10-9-17(18)23(15)26(34-3)25(21)33-2/h5-10,12-13,19,24H,11H2,1-4H3,(H,30,31)/p-1. The van der Waals surface area contributed by atoms with Crippen LogP contribution in [0.2, 0.25) is 0 Å². The van der Waals surface area contributed by atoms with Crippen molar-refractivity contribution < 1.29 is 28.5 Å². The fourth-order valence-electron chi connectivity index (χ4n) is 4.84. The summed E-state index contributed by atoms with van der Waals surface area (Å²) < 4.78 is 30.4. The molecule has 182 valence electrons. The number of carbonyl (C=O) groups excluding carboxylic acids is 1. The molecule has 0 saturated carbocycles. The third kappa shape index (κ3) is 4.34. The number of carboxylic acid groups (broad SMARTS) is 1. The average Bonchev–Trinajstić information content (AvgIpc) is 3.02. The van der Waals surface area contributed by atoms with Gasteiger partial charge in [0.15, 0.2) is 16.9 Å². The Morgan fingerprint density at radius 1 is 1.03 bits per heavy atom. The molecule has 0 amide bonds. The van der Waals surface area contributed by atoms with E-state index in [0.29, 0.717) is 44.4 Å². The van der Waals surface area contributed by atoms with Gasteiger partial charge in [-0.15, -0.1) is 11.8 Å². The molecule has 1 aliphatic carbocycles. The van der Waals surface area contributed by atoms with Gasteiger partial charge in [-0.25, -0.2) is 4.39 Å². The van der Waals surface area contributed by atoms with Crippen molar-refractivity contribution in [2.24, 2.45) is 0 Å². The largest absolute Gasteiger partial charge is 0.549 e. The highest BCUT2D eigenvalue weighted by atomic mass is 32.2. The molecule has 3 aromatic rings. The van der Waals surface area contributed by atoms with Gasteiger partial charge in [-0.05, 0) is 65.3 Å². The normalized spacial score (nSPS) is 14.9. The highest BCUT2D eigenvalue weighted by Gasteiger charge is 2.36. The molecule has 0 fully saturated rings. The van der Waals surface area contributed by atoms with Crippen LogP contribution in [0.1, 0.15) is 28.5 Å². The van der Waals surface area contributed by atoms with Crippen molar-refractivity contribution in [3.05, 3.63) is 81.3 Å². The van der Waals surface area contributed by atoms with Gasteiger partial charge in [0.2, 0.25) is 5.75 Å². The lowest BCUT2D eigenvalue weighted by molar-refractivity contribution is -0.308. The maximum absolute atomic E-state index is 13.6. The van der Waals surface area contributed by atoms with Crippen LogP contribution in [0.3, 0.4) is 0 Å². The lowest BCUT2D eigenvalue weighted by Crippen LogP contribution is -2.35. The number of hydrogen-bond donors (Lipinski definition) is 0. The third-order valence-corrected chi connectivity index (χ3v) is 7.14. The van der Waals surface area contributed by atoms with E-state index in [9.17, 15) is 19.1 Å². The Balaban J connectivity index is 2.07. The molecule has 2 atom stereocenters. The number of rotatable bonds is 7. The number of aliphatic carboxylic acids is 1. The number of fused-ring (bicyclic) bond motifs is 3. The smallest absolute Gasteiger partial charge is 0.203 e. The molecule has 35 heavy (non-hydrogen) atoms. The fourth-order valence-corrected chi connectivity index (χ4v) is 5.31. The molecule has 0 bridgehead atoms. The molecule has 0 spiro atoms. The van der Waals surface area contributed by atoms with Gasteiger partial charge >= 0.3 is 0 Å². The first-order valence-electron chi connectivity index (χ1n) is 10.8. The second kappa shape index (κ2) is 10.00. The lowest BCUT2D eigenvalue weighted by Gasteiger charge is -2.35. The summed E-state index contributed by atoms with van der Waals surface area (Å²) in [4.78, 5) is 26.0. The number of hydrogen-bond acceptors (Lipinski definition) is 7. The zero-order valence-electron chi connectivity index (χ0n) is 19.7. The molecule has 0 aromatic heterocycles. The van der Waals surface area contributed by atoms with Crippen molar-refractivity contribution in [2.75, 3.05) is 27.6 Å². The zero-order chi connectivity index (χ0) is 25.3. The lowest BCUT2D eigenvalue weighted by atomic mass is 9.71. The van der Waals surface area contributed by atoms with Crippen molar-refractivity contribution in [2.45, 2.75) is 23.2 Å². The van der Waals surface area contributed by atoms with Crippen LogP contribution in [-0.2, 0) is 11.2 Å². The summed E-state index contributed by atoms with van der Waals surface area (Å²) in [5, 5.41) is 12.5. The van der Waals surface area contributed by atoms with Crippen molar-refractivity contribution in [1.82, 2.24) is 0 Å². The van der Waals surface area contributed by atoms with Gasteiger partial charge in [-0.2, -0.15) is 0 Å². The van der Waals surface area contributed by atoms with Crippen molar-refractivity contribution >= 4 is 17.7 Å². The van der Waals surface area contributed by atoms with Gasteiger partial charge in [0, 0.05) is 23.4 Å². The molecule has 1 aliphatic rings. The summed E-state index contributed by atoms with van der Waals surface area (Å²) in [5.74, 6) is -2.31. The Bertz CT molecular complexity index is 1340. The quantitative estimate of drug-likeness (QED) is 0.461. The van der Waals surface area contributed by atoms with E-state index in [1.807, 2.05) is 0 Å². The molecule has 0 heterocycles. The van der Waals surface area contributed by atoms with Crippen LogP contribution in [0, 0.1) is 5.82 Å². The first kappa shape index (κ1) is 24.6. The van der Waals surface area contributed by atoms with Crippen LogP contribution < -0.4 is 24.7 Å². The van der Waals surface area contributed by atoms with Crippen LogP contribution >= 0.6 is 11.8 Å². The Hall–Kier alpha value is -3.52. The molecule has 6 nitrogen and oxygen atoms in total. The van der Waals surface area contributed by atoms with Gasteiger partial charge in [0.1, 0.15) is 5.82 Å². The van der Waals surface area contributed by atoms with Gasteiger partial charge in [0.25, 0.3) is 0 Å². The predicted molar refractivity (Wildman–Crippen MR) is 130 cm³/mol. The molecule has 4 rings (SSSR count). The third-order valence-electron chi connectivity index (χ3n) is 6.37. The van der Waals surface area contributed by atoms with E-state index in [-0.39, 0.29) is 11.8 Å². The van der Waals surface area contributed by atoms with E-state index in [4.69, 9.17) is 14.2 Å². The summed E-state index contributed by atoms with van der Waals surface area (Å²) in [6.45, 7) is 0. The molecule has 2 unspecified atom stereocenters. The maximum Gasteiger partial charge on any atom is 0.203 e. The molecule has 0 radical (unpaired) electrons. The van der Waals surface area contributed by atoms with E-state index in [1.165, 1.54) is 63.4 Å². The summed E-state index contributed by atoms with van der Waals surface area (Å²) in [5.41, 5.74) is 2.85. The molecule has 8 heteroatoms.